The average molecular weight is 335 g/mol. The molecule has 0 saturated carbocycles. The molecule has 0 unspecified atom stereocenters. The Hall–Kier alpha value is -1.22. The van der Waals surface area contributed by atoms with Crippen molar-refractivity contribution in [2.75, 3.05) is 7.11 Å². The van der Waals surface area contributed by atoms with Gasteiger partial charge in [0.2, 0.25) is 0 Å². The third kappa shape index (κ3) is 4.41. The molecule has 0 aromatic heterocycles. The number of methoxy groups -OCH3 is 1. The Morgan fingerprint density at radius 2 is 1.48 bits per heavy atom. The van der Waals surface area contributed by atoms with Crippen LogP contribution in [-0.2, 0) is 0 Å². The Morgan fingerprint density at radius 3 is 1.87 bits per heavy atom. The first-order chi connectivity index (χ1) is 10.6. The maximum Gasteiger partial charge on any atom is 0.258 e. The lowest BCUT2D eigenvalue weighted by Crippen LogP contribution is -2.50. The van der Waals surface area contributed by atoms with Gasteiger partial charge in [-0.25, -0.2) is 0 Å². The molecule has 0 radical (unpaired) electrons. The molecule has 0 saturated heterocycles. The summed E-state index contributed by atoms with van der Waals surface area (Å²) in [6, 6.07) is 6.14. The van der Waals surface area contributed by atoms with E-state index in [-0.39, 0.29) is 0 Å². The summed E-state index contributed by atoms with van der Waals surface area (Å²) >= 11 is 0. The number of hydrogen-bond acceptors (Lipinski definition) is 2. The van der Waals surface area contributed by atoms with Gasteiger partial charge in [-0.2, -0.15) is 0 Å². The van der Waals surface area contributed by atoms with Crippen LogP contribution in [0.2, 0.25) is 16.6 Å². The standard InChI is InChI=1S/C20H34O2Si/c1-14(2)12-18-13-19(21-9)10-11-20(18)22-23(15(3)4,16(5)6)17(7)8/h10-13,15-17H,1-9H3. The Kier molecular flexibility index (Phi) is 6.94. The number of allylic oxidation sites excluding steroid dienone is 1. The van der Waals surface area contributed by atoms with Crippen molar-refractivity contribution in [3.05, 3.63) is 29.3 Å². The molecule has 1 rings (SSSR count). The fourth-order valence-electron chi connectivity index (χ4n) is 3.71. The summed E-state index contributed by atoms with van der Waals surface area (Å²) in [5.41, 5.74) is 4.05. The molecule has 0 amide bonds. The van der Waals surface area contributed by atoms with Crippen LogP contribution in [0.25, 0.3) is 6.08 Å². The first kappa shape index (κ1) is 19.8. The maximum absolute atomic E-state index is 6.86. The number of ether oxygens (including phenoxy) is 1. The smallest absolute Gasteiger partial charge is 0.258 e. The van der Waals surface area contributed by atoms with Crippen LogP contribution in [0.1, 0.15) is 61.0 Å². The Labute approximate surface area is 144 Å². The SMILES string of the molecule is COc1ccc(O[Si](C(C)C)(C(C)C)C(C)C)c(C=C(C)C)c1. The largest absolute Gasteiger partial charge is 0.542 e. The van der Waals surface area contributed by atoms with Gasteiger partial charge < -0.3 is 9.16 Å². The van der Waals surface area contributed by atoms with Crippen LogP contribution < -0.4 is 9.16 Å². The van der Waals surface area contributed by atoms with E-state index in [0.29, 0.717) is 16.6 Å². The van der Waals surface area contributed by atoms with E-state index in [9.17, 15) is 0 Å². The van der Waals surface area contributed by atoms with E-state index in [1.54, 1.807) is 7.11 Å². The second-order valence-electron chi connectivity index (χ2n) is 7.55. The lowest BCUT2D eigenvalue weighted by atomic mass is 10.1. The third-order valence-corrected chi connectivity index (χ3v) is 10.6. The van der Waals surface area contributed by atoms with Crippen LogP contribution in [-0.4, -0.2) is 15.4 Å². The van der Waals surface area contributed by atoms with Crippen LogP contribution >= 0.6 is 0 Å². The lowest BCUT2D eigenvalue weighted by molar-refractivity contribution is 0.413. The highest BCUT2D eigenvalue weighted by molar-refractivity contribution is 6.78. The van der Waals surface area contributed by atoms with E-state index in [4.69, 9.17) is 9.16 Å². The normalized spacial score (nSPS) is 12.0. The number of benzene rings is 1. The summed E-state index contributed by atoms with van der Waals surface area (Å²) in [7, 11) is -0.243. The van der Waals surface area contributed by atoms with Crippen LogP contribution in [0.5, 0.6) is 11.5 Å². The topological polar surface area (TPSA) is 18.5 Å². The first-order valence-electron chi connectivity index (χ1n) is 8.67. The molecule has 1 aromatic carbocycles. The van der Waals surface area contributed by atoms with Crippen LogP contribution in [0.15, 0.2) is 23.8 Å². The van der Waals surface area contributed by atoms with E-state index < -0.39 is 8.32 Å². The summed E-state index contributed by atoms with van der Waals surface area (Å²) in [4.78, 5) is 0. The van der Waals surface area contributed by atoms with Crippen molar-refractivity contribution >= 4 is 14.4 Å². The van der Waals surface area contributed by atoms with Crippen molar-refractivity contribution in [3.63, 3.8) is 0 Å². The fourth-order valence-corrected chi connectivity index (χ4v) is 8.99. The van der Waals surface area contributed by atoms with Gasteiger partial charge in [-0.1, -0.05) is 53.2 Å². The van der Waals surface area contributed by atoms with E-state index in [1.165, 1.54) is 5.57 Å². The zero-order valence-corrected chi connectivity index (χ0v) is 17.4. The molecule has 23 heavy (non-hydrogen) atoms. The molecule has 0 spiro atoms. The molecule has 3 heteroatoms. The van der Waals surface area contributed by atoms with Gasteiger partial charge in [0.15, 0.2) is 0 Å². The van der Waals surface area contributed by atoms with Gasteiger partial charge in [-0.3, -0.25) is 0 Å². The second-order valence-corrected chi connectivity index (χ2v) is 12.9. The van der Waals surface area contributed by atoms with Crippen LogP contribution in [0.4, 0.5) is 0 Å². The lowest BCUT2D eigenvalue weighted by Gasteiger charge is -2.42. The van der Waals surface area contributed by atoms with Gasteiger partial charge in [0, 0.05) is 5.56 Å². The maximum atomic E-state index is 6.86. The predicted molar refractivity (Wildman–Crippen MR) is 104 cm³/mol. The molecule has 0 bridgehead atoms. The Bertz CT molecular complexity index is 519. The fraction of sp³-hybridized carbons (Fsp3) is 0.600. The second kappa shape index (κ2) is 8.05. The summed E-state index contributed by atoms with van der Waals surface area (Å²) in [5.74, 6) is 1.87. The van der Waals surface area contributed by atoms with Crippen molar-refractivity contribution in [2.24, 2.45) is 0 Å². The molecule has 0 aliphatic carbocycles. The molecule has 0 heterocycles. The van der Waals surface area contributed by atoms with Gasteiger partial charge in [-0.15, -0.1) is 0 Å². The zero-order chi connectivity index (χ0) is 17.8. The monoisotopic (exact) mass is 334 g/mol. The molecule has 1 aromatic rings. The van der Waals surface area contributed by atoms with Crippen molar-refractivity contribution in [1.82, 2.24) is 0 Å². The van der Waals surface area contributed by atoms with Crippen molar-refractivity contribution < 1.29 is 9.16 Å². The molecule has 2 nitrogen and oxygen atoms in total. The molecule has 0 fully saturated rings. The molecule has 130 valence electrons. The van der Waals surface area contributed by atoms with Gasteiger partial charge in [0.25, 0.3) is 8.32 Å². The van der Waals surface area contributed by atoms with E-state index in [2.05, 4.69) is 73.6 Å². The Balaban J connectivity index is 3.41. The Morgan fingerprint density at radius 1 is 0.957 bits per heavy atom. The van der Waals surface area contributed by atoms with Gasteiger partial charge in [0.05, 0.1) is 7.11 Å². The molecular formula is C20H34O2Si. The van der Waals surface area contributed by atoms with E-state index in [0.717, 1.165) is 17.1 Å². The number of hydrogen-bond donors (Lipinski definition) is 0. The quantitative estimate of drug-likeness (QED) is 0.518. The minimum atomic E-state index is -1.95. The van der Waals surface area contributed by atoms with Gasteiger partial charge in [0.1, 0.15) is 11.5 Å². The number of rotatable bonds is 7. The highest BCUT2D eigenvalue weighted by Gasteiger charge is 2.47. The minimum absolute atomic E-state index is 0.559. The van der Waals surface area contributed by atoms with Gasteiger partial charge >= 0.3 is 0 Å². The third-order valence-electron chi connectivity index (χ3n) is 4.65. The molecule has 0 aliphatic rings. The summed E-state index contributed by atoms with van der Waals surface area (Å²) in [5, 5.41) is 0. The van der Waals surface area contributed by atoms with Crippen molar-refractivity contribution in [2.45, 2.75) is 72.0 Å². The van der Waals surface area contributed by atoms with Crippen molar-refractivity contribution in [3.8, 4) is 11.5 Å². The molecular weight excluding hydrogens is 300 g/mol. The molecule has 0 atom stereocenters. The van der Waals surface area contributed by atoms with Crippen molar-refractivity contribution in [1.29, 1.82) is 0 Å². The van der Waals surface area contributed by atoms with E-state index >= 15 is 0 Å². The molecule has 0 N–H and O–H groups in total. The van der Waals surface area contributed by atoms with Gasteiger partial charge in [-0.05, 0) is 48.7 Å². The summed E-state index contributed by atoms with van der Waals surface area (Å²) in [6.07, 6.45) is 2.18. The molecule has 0 aliphatic heterocycles. The highest BCUT2D eigenvalue weighted by Crippen LogP contribution is 2.44. The predicted octanol–water partition coefficient (Wildman–Crippen LogP) is 6.67. The first-order valence-corrected chi connectivity index (χ1v) is 10.8. The minimum Gasteiger partial charge on any atom is -0.542 e. The van der Waals surface area contributed by atoms with Crippen LogP contribution in [0.3, 0.4) is 0 Å². The van der Waals surface area contributed by atoms with E-state index in [1.807, 2.05) is 6.07 Å². The average Bonchev–Trinajstić information content (AvgIpc) is 2.43. The zero-order valence-electron chi connectivity index (χ0n) is 16.4. The summed E-state index contributed by atoms with van der Waals surface area (Å²) in [6.45, 7) is 18.1. The highest BCUT2D eigenvalue weighted by atomic mass is 28.4. The van der Waals surface area contributed by atoms with Crippen LogP contribution in [0, 0.1) is 0 Å². The summed E-state index contributed by atoms with van der Waals surface area (Å²) < 4.78 is 12.2.